The highest BCUT2D eigenvalue weighted by Gasteiger charge is 2.33. The van der Waals surface area contributed by atoms with Crippen LogP contribution in [0.1, 0.15) is 76.4 Å². The topological polar surface area (TPSA) is 164 Å². The predicted octanol–water partition coefficient (Wildman–Crippen LogP) is 2.96. The highest BCUT2D eigenvalue weighted by atomic mass is 16.6. The summed E-state index contributed by atoms with van der Waals surface area (Å²) in [7, 11) is 0. The SMILES string of the molecule is C[C@H](NC(=O)c1ccc(C#N)cc1)C(=O)N[C@@H](CC(=O)OC(C)(C)C)C(=O)N[C@@H](Cc1ccccc1)C(=O)OC(C)(C)C. The minimum Gasteiger partial charge on any atom is -0.460 e. The summed E-state index contributed by atoms with van der Waals surface area (Å²) < 4.78 is 10.9. The molecule has 11 heteroatoms. The number of hydrogen-bond donors (Lipinski definition) is 3. The van der Waals surface area contributed by atoms with Crippen molar-refractivity contribution in [1.29, 1.82) is 5.26 Å². The van der Waals surface area contributed by atoms with Gasteiger partial charge in [-0.2, -0.15) is 5.26 Å². The van der Waals surface area contributed by atoms with Crippen LogP contribution in [0.25, 0.3) is 0 Å². The van der Waals surface area contributed by atoms with Gasteiger partial charge in [0, 0.05) is 12.0 Å². The molecule has 0 saturated carbocycles. The smallest absolute Gasteiger partial charge is 0.329 e. The largest absolute Gasteiger partial charge is 0.460 e. The third kappa shape index (κ3) is 12.4. The number of esters is 2. The van der Waals surface area contributed by atoms with Crippen molar-refractivity contribution in [2.24, 2.45) is 0 Å². The van der Waals surface area contributed by atoms with E-state index in [1.165, 1.54) is 31.2 Å². The molecule has 0 spiro atoms. The Morgan fingerprint density at radius 2 is 1.33 bits per heavy atom. The number of carbonyl (C=O) groups excluding carboxylic acids is 5. The van der Waals surface area contributed by atoms with Gasteiger partial charge in [-0.25, -0.2) is 4.79 Å². The van der Waals surface area contributed by atoms with Gasteiger partial charge in [0.15, 0.2) is 0 Å². The van der Waals surface area contributed by atoms with Crippen LogP contribution in [0.2, 0.25) is 0 Å². The number of amides is 3. The summed E-state index contributed by atoms with van der Waals surface area (Å²) in [6.45, 7) is 11.5. The Bertz CT molecular complexity index is 1340. The number of nitriles is 1. The van der Waals surface area contributed by atoms with Crippen molar-refractivity contribution >= 4 is 29.7 Å². The summed E-state index contributed by atoms with van der Waals surface area (Å²) in [5.74, 6) is -3.57. The fourth-order valence-corrected chi connectivity index (χ4v) is 3.79. The second kappa shape index (κ2) is 15.0. The first-order valence-corrected chi connectivity index (χ1v) is 13.9. The molecule has 2 aromatic rings. The van der Waals surface area contributed by atoms with Crippen molar-refractivity contribution in [2.45, 2.75) is 90.6 Å². The normalized spacial score (nSPS) is 13.3. The van der Waals surface area contributed by atoms with Gasteiger partial charge in [0.05, 0.1) is 18.1 Å². The zero-order chi connectivity index (χ0) is 32.4. The maximum atomic E-state index is 13.5. The summed E-state index contributed by atoms with van der Waals surface area (Å²) in [5.41, 5.74) is -0.330. The average Bonchev–Trinajstić information content (AvgIpc) is 2.90. The van der Waals surface area contributed by atoms with Crippen LogP contribution in [0.3, 0.4) is 0 Å². The van der Waals surface area contributed by atoms with E-state index in [0.29, 0.717) is 5.56 Å². The fraction of sp³-hybridized carbons (Fsp3) is 0.438. The molecule has 2 aromatic carbocycles. The minimum atomic E-state index is -1.43. The van der Waals surface area contributed by atoms with Crippen molar-refractivity contribution in [3.8, 4) is 6.07 Å². The molecule has 2 rings (SSSR count). The molecule has 3 N–H and O–H groups in total. The summed E-state index contributed by atoms with van der Waals surface area (Å²) >= 11 is 0. The van der Waals surface area contributed by atoms with Crippen LogP contribution in [0, 0.1) is 11.3 Å². The molecule has 0 fully saturated rings. The monoisotopic (exact) mass is 592 g/mol. The van der Waals surface area contributed by atoms with Gasteiger partial charge >= 0.3 is 11.9 Å². The highest BCUT2D eigenvalue weighted by Crippen LogP contribution is 2.14. The van der Waals surface area contributed by atoms with Crippen LogP contribution in [0.15, 0.2) is 54.6 Å². The molecule has 0 heterocycles. The maximum Gasteiger partial charge on any atom is 0.329 e. The highest BCUT2D eigenvalue weighted by molar-refractivity contribution is 5.99. The Hall–Kier alpha value is -4.72. The lowest BCUT2D eigenvalue weighted by Crippen LogP contribution is -2.56. The third-order valence-electron chi connectivity index (χ3n) is 5.73. The Balaban J connectivity index is 2.25. The van der Waals surface area contributed by atoms with E-state index < -0.39 is 65.4 Å². The summed E-state index contributed by atoms with van der Waals surface area (Å²) in [6, 6.07) is 13.1. The number of benzene rings is 2. The van der Waals surface area contributed by atoms with Gasteiger partial charge in [-0.3, -0.25) is 19.2 Å². The Morgan fingerprint density at radius 1 is 0.767 bits per heavy atom. The van der Waals surface area contributed by atoms with Crippen molar-refractivity contribution in [1.82, 2.24) is 16.0 Å². The molecule has 0 unspecified atom stereocenters. The molecule has 0 aromatic heterocycles. The molecule has 0 aliphatic carbocycles. The maximum absolute atomic E-state index is 13.5. The quantitative estimate of drug-likeness (QED) is 0.335. The molecule has 0 aliphatic rings. The summed E-state index contributed by atoms with van der Waals surface area (Å²) in [4.78, 5) is 65.0. The first-order chi connectivity index (χ1) is 20.0. The second-order valence-electron chi connectivity index (χ2n) is 12.0. The average molecular weight is 593 g/mol. The number of ether oxygens (including phenoxy) is 2. The zero-order valence-corrected chi connectivity index (χ0v) is 25.6. The molecular formula is C32H40N4O7. The fourth-order valence-electron chi connectivity index (χ4n) is 3.79. The molecule has 11 nitrogen and oxygen atoms in total. The van der Waals surface area contributed by atoms with Gasteiger partial charge in [-0.05, 0) is 78.3 Å². The van der Waals surface area contributed by atoms with Gasteiger partial charge < -0.3 is 25.4 Å². The van der Waals surface area contributed by atoms with Gasteiger partial charge in [0.25, 0.3) is 5.91 Å². The van der Waals surface area contributed by atoms with E-state index >= 15 is 0 Å². The van der Waals surface area contributed by atoms with Crippen LogP contribution >= 0.6 is 0 Å². The number of nitrogens with one attached hydrogen (secondary N) is 3. The lowest BCUT2D eigenvalue weighted by molar-refractivity contribution is -0.159. The van der Waals surface area contributed by atoms with E-state index in [-0.39, 0.29) is 12.0 Å². The minimum absolute atomic E-state index is 0.103. The molecule has 3 amide bonds. The van der Waals surface area contributed by atoms with Crippen molar-refractivity contribution in [3.63, 3.8) is 0 Å². The van der Waals surface area contributed by atoms with Crippen molar-refractivity contribution < 1.29 is 33.4 Å². The van der Waals surface area contributed by atoms with Crippen LogP contribution in [-0.4, -0.2) is 59.0 Å². The Labute approximate surface area is 252 Å². The van der Waals surface area contributed by atoms with Crippen LogP contribution < -0.4 is 16.0 Å². The van der Waals surface area contributed by atoms with E-state index in [1.807, 2.05) is 12.1 Å². The first kappa shape index (κ1) is 34.5. The molecular weight excluding hydrogens is 552 g/mol. The van der Waals surface area contributed by atoms with E-state index in [9.17, 15) is 24.0 Å². The van der Waals surface area contributed by atoms with E-state index in [2.05, 4.69) is 16.0 Å². The number of nitrogens with zero attached hydrogens (tertiary/aromatic N) is 1. The molecule has 0 aliphatic heterocycles. The molecule has 0 saturated heterocycles. The van der Waals surface area contributed by atoms with Gasteiger partial charge in [-0.1, -0.05) is 30.3 Å². The second-order valence-corrected chi connectivity index (χ2v) is 12.0. The zero-order valence-electron chi connectivity index (χ0n) is 25.6. The molecule has 43 heavy (non-hydrogen) atoms. The van der Waals surface area contributed by atoms with E-state index in [4.69, 9.17) is 14.7 Å². The lowest BCUT2D eigenvalue weighted by atomic mass is 10.0. The summed E-state index contributed by atoms with van der Waals surface area (Å²) in [5, 5.41) is 16.6. The predicted molar refractivity (Wildman–Crippen MR) is 158 cm³/mol. The summed E-state index contributed by atoms with van der Waals surface area (Å²) in [6.07, 6.45) is -0.427. The van der Waals surface area contributed by atoms with Crippen LogP contribution in [0.4, 0.5) is 0 Å². The Morgan fingerprint density at radius 3 is 1.86 bits per heavy atom. The number of rotatable bonds is 11. The Kier molecular flexibility index (Phi) is 12.0. The molecule has 0 bridgehead atoms. The van der Waals surface area contributed by atoms with Crippen molar-refractivity contribution in [3.05, 3.63) is 71.3 Å². The number of carbonyl (C=O) groups is 5. The van der Waals surface area contributed by atoms with Gasteiger partial charge in [0.1, 0.15) is 29.3 Å². The number of hydrogen-bond acceptors (Lipinski definition) is 8. The molecule has 0 radical (unpaired) electrons. The van der Waals surface area contributed by atoms with Gasteiger partial charge in [0.2, 0.25) is 11.8 Å². The van der Waals surface area contributed by atoms with Crippen LogP contribution in [-0.2, 0) is 35.1 Å². The standard InChI is InChI=1S/C32H40N4O7/c1-20(34-28(39)23-15-13-22(19-33)14-16-23)27(38)35-24(18-26(37)42-31(2,3)4)29(40)36-25(30(41)43-32(5,6)7)17-21-11-9-8-10-12-21/h8-16,20,24-25H,17-18H2,1-7H3,(H,34,39)(H,35,38)(H,36,40)/t20-,24-,25-/m0/s1. The lowest BCUT2D eigenvalue weighted by Gasteiger charge is -2.27. The van der Waals surface area contributed by atoms with E-state index in [1.54, 1.807) is 65.8 Å². The first-order valence-electron chi connectivity index (χ1n) is 13.9. The third-order valence-corrected chi connectivity index (χ3v) is 5.73. The molecule has 230 valence electrons. The van der Waals surface area contributed by atoms with E-state index in [0.717, 1.165) is 5.56 Å². The van der Waals surface area contributed by atoms with Crippen LogP contribution in [0.5, 0.6) is 0 Å². The molecule has 3 atom stereocenters. The van der Waals surface area contributed by atoms with Crippen molar-refractivity contribution in [2.75, 3.05) is 0 Å². The van der Waals surface area contributed by atoms with Gasteiger partial charge in [-0.15, -0.1) is 0 Å².